The first kappa shape index (κ1) is 18.7. The van der Waals surface area contributed by atoms with Gasteiger partial charge in [-0.1, -0.05) is 60.7 Å². The Morgan fingerprint density at radius 1 is 0.964 bits per heavy atom. The Bertz CT molecular complexity index is 942. The zero-order valence-electron chi connectivity index (χ0n) is 15.9. The lowest BCUT2D eigenvalue weighted by Crippen LogP contribution is -2.23. The van der Waals surface area contributed by atoms with Crippen LogP contribution in [0.4, 0.5) is 0 Å². The van der Waals surface area contributed by atoms with E-state index in [4.69, 9.17) is 9.47 Å². The topological polar surface area (TPSA) is 47.6 Å². The van der Waals surface area contributed by atoms with Crippen LogP contribution < -0.4 is 5.32 Å². The monoisotopic (exact) mass is 375 g/mol. The molecule has 1 aliphatic rings. The van der Waals surface area contributed by atoms with Gasteiger partial charge in [-0.2, -0.15) is 0 Å². The first-order chi connectivity index (χ1) is 13.8. The van der Waals surface area contributed by atoms with Gasteiger partial charge in [-0.15, -0.1) is 0 Å². The summed E-state index contributed by atoms with van der Waals surface area (Å²) in [7, 11) is 0. The van der Waals surface area contributed by atoms with Crippen LogP contribution in [0.1, 0.15) is 34.3 Å². The highest BCUT2D eigenvalue weighted by molar-refractivity contribution is 6.06. The van der Waals surface area contributed by atoms with Gasteiger partial charge in [0.05, 0.1) is 12.7 Å². The maximum absolute atomic E-state index is 12.7. The lowest BCUT2D eigenvalue weighted by atomic mass is 10.0. The third kappa shape index (κ3) is 4.58. The second kappa shape index (κ2) is 9.00. The van der Waals surface area contributed by atoms with E-state index >= 15 is 0 Å². The van der Waals surface area contributed by atoms with Gasteiger partial charge in [-0.05, 0) is 40.8 Å². The van der Waals surface area contributed by atoms with E-state index in [1.807, 2.05) is 54.6 Å². The highest BCUT2D eigenvalue weighted by Gasteiger charge is 2.14. The number of amides is 1. The van der Waals surface area contributed by atoms with Gasteiger partial charge in [0.2, 0.25) is 0 Å². The molecule has 0 spiro atoms. The summed E-state index contributed by atoms with van der Waals surface area (Å²) in [4.78, 5) is 12.7. The Morgan fingerprint density at radius 2 is 1.71 bits per heavy atom. The fraction of sp³-hybridized carbons (Fsp3) is 0.292. The van der Waals surface area contributed by atoms with E-state index < -0.39 is 0 Å². The first-order valence-electron chi connectivity index (χ1n) is 9.83. The van der Waals surface area contributed by atoms with Crippen LogP contribution in [0.3, 0.4) is 0 Å². The predicted molar refractivity (Wildman–Crippen MR) is 110 cm³/mol. The van der Waals surface area contributed by atoms with Gasteiger partial charge in [0, 0.05) is 25.3 Å². The average molecular weight is 375 g/mol. The Balaban J connectivity index is 1.37. The molecule has 3 aromatic rings. The molecule has 4 heteroatoms. The van der Waals surface area contributed by atoms with Crippen molar-refractivity contribution in [2.45, 2.75) is 32.1 Å². The van der Waals surface area contributed by atoms with Crippen LogP contribution in [0.15, 0.2) is 66.7 Å². The molecule has 4 rings (SSSR count). The van der Waals surface area contributed by atoms with Crippen LogP contribution in [0.25, 0.3) is 10.8 Å². The van der Waals surface area contributed by atoms with Crippen molar-refractivity contribution in [3.05, 3.63) is 83.4 Å². The normalized spacial score (nSPS) is 14.9. The van der Waals surface area contributed by atoms with Crippen molar-refractivity contribution < 1.29 is 14.3 Å². The number of ether oxygens (including phenoxy) is 2. The molecule has 144 valence electrons. The van der Waals surface area contributed by atoms with Crippen LogP contribution >= 0.6 is 0 Å². The number of benzene rings is 3. The van der Waals surface area contributed by atoms with E-state index in [0.29, 0.717) is 18.7 Å². The third-order valence-corrected chi connectivity index (χ3v) is 5.13. The number of hydrogen-bond acceptors (Lipinski definition) is 3. The highest BCUT2D eigenvalue weighted by atomic mass is 16.5. The van der Waals surface area contributed by atoms with Crippen molar-refractivity contribution in [2.75, 3.05) is 13.2 Å². The summed E-state index contributed by atoms with van der Waals surface area (Å²) in [5, 5.41) is 5.09. The molecule has 3 aromatic carbocycles. The van der Waals surface area contributed by atoms with Crippen molar-refractivity contribution in [3.63, 3.8) is 0 Å². The lowest BCUT2D eigenvalue weighted by molar-refractivity contribution is -0.0390. The van der Waals surface area contributed by atoms with Gasteiger partial charge in [-0.3, -0.25) is 4.79 Å². The molecule has 0 aromatic heterocycles. The molecule has 4 nitrogen and oxygen atoms in total. The molecule has 1 amide bonds. The molecule has 0 saturated carbocycles. The summed E-state index contributed by atoms with van der Waals surface area (Å²) in [5.74, 6) is -0.0549. The van der Waals surface area contributed by atoms with E-state index in [1.165, 1.54) is 0 Å². The van der Waals surface area contributed by atoms with Crippen molar-refractivity contribution >= 4 is 16.7 Å². The van der Waals surface area contributed by atoms with Gasteiger partial charge < -0.3 is 14.8 Å². The molecule has 28 heavy (non-hydrogen) atoms. The van der Waals surface area contributed by atoms with Gasteiger partial charge in [0.1, 0.15) is 0 Å². The van der Waals surface area contributed by atoms with Crippen molar-refractivity contribution in [2.24, 2.45) is 0 Å². The Hall–Kier alpha value is -2.69. The summed E-state index contributed by atoms with van der Waals surface area (Å²) in [6, 6.07) is 22.0. The van der Waals surface area contributed by atoms with Crippen LogP contribution in [-0.4, -0.2) is 25.2 Å². The van der Waals surface area contributed by atoms with Gasteiger partial charge in [-0.25, -0.2) is 0 Å². The maximum Gasteiger partial charge on any atom is 0.252 e. The SMILES string of the molecule is O=C(NCc1cccc(COC2CCOCC2)c1)c1cccc2ccccc12. The molecule has 0 bridgehead atoms. The summed E-state index contributed by atoms with van der Waals surface area (Å²) in [6.45, 7) is 2.65. The molecule has 0 unspecified atom stereocenters. The molecule has 1 N–H and O–H groups in total. The number of rotatable bonds is 6. The highest BCUT2D eigenvalue weighted by Crippen LogP contribution is 2.19. The van der Waals surface area contributed by atoms with E-state index in [-0.39, 0.29) is 12.0 Å². The minimum atomic E-state index is -0.0549. The van der Waals surface area contributed by atoms with Crippen LogP contribution in [-0.2, 0) is 22.6 Å². The Kier molecular flexibility index (Phi) is 6.00. The fourth-order valence-electron chi connectivity index (χ4n) is 3.59. The Labute approximate surface area is 165 Å². The number of carbonyl (C=O) groups is 1. The maximum atomic E-state index is 12.7. The number of carbonyl (C=O) groups excluding carboxylic acids is 1. The number of nitrogens with one attached hydrogen (secondary N) is 1. The van der Waals surface area contributed by atoms with Crippen LogP contribution in [0, 0.1) is 0 Å². The molecular weight excluding hydrogens is 350 g/mol. The minimum Gasteiger partial charge on any atom is -0.381 e. The number of fused-ring (bicyclic) bond motifs is 1. The second-order valence-electron chi connectivity index (χ2n) is 7.15. The van der Waals surface area contributed by atoms with Crippen molar-refractivity contribution in [1.82, 2.24) is 5.32 Å². The Morgan fingerprint density at radius 3 is 2.61 bits per heavy atom. The van der Waals surface area contributed by atoms with Crippen molar-refractivity contribution in [1.29, 1.82) is 0 Å². The quantitative estimate of drug-likeness (QED) is 0.692. The molecular formula is C24H25NO3. The largest absolute Gasteiger partial charge is 0.381 e. The molecule has 0 atom stereocenters. The second-order valence-corrected chi connectivity index (χ2v) is 7.15. The third-order valence-electron chi connectivity index (χ3n) is 5.13. The van der Waals surface area contributed by atoms with Crippen LogP contribution in [0.5, 0.6) is 0 Å². The molecule has 1 aliphatic heterocycles. The standard InChI is InChI=1S/C24H25NO3/c26-24(23-10-4-8-20-7-1-2-9-22(20)23)25-16-18-5-3-6-19(15-18)17-28-21-11-13-27-14-12-21/h1-10,15,21H,11-14,16-17H2,(H,25,26). The summed E-state index contributed by atoms with van der Waals surface area (Å²) in [6.07, 6.45) is 2.20. The van der Waals surface area contributed by atoms with Crippen LogP contribution in [0.2, 0.25) is 0 Å². The molecule has 1 saturated heterocycles. The van der Waals surface area contributed by atoms with Gasteiger partial charge in [0.15, 0.2) is 0 Å². The fourth-order valence-corrected chi connectivity index (χ4v) is 3.59. The lowest BCUT2D eigenvalue weighted by Gasteiger charge is -2.22. The van der Waals surface area contributed by atoms with E-state index in [0.717, 1.165) is 48.0 Å². The van der Waals surface area contributed by atoms with E-state index in [1.54, 1.807) is 0 Å². The van der Waals surface area contributed by atoms with E-state index in [2.05, 4.69) is 17.4 Å². The zero-order valence-corrected chi connectivity index (χ0v) is 15.9. The summed E-state index contributed by atoms with van der Waals surface area (Å²) < 4.78 is 11.4. The van der Waals surface area contributed by atoms with Gasteiger partial charge in [0.25, 0.3) is 5.91 Å². The number of hydrogen-bond donors (Lipinski definition) is 1. The van der Waals surface area contributed by atoms with E-state index in [9.17, 15) is 4.79 Å². The summed E-state index contributed by atoms with van der Waals surface area (Å²) in [5.41, 5.74) is 2.90. The average Bonchev–Trinajstić information content (AvgIpc) is 2.77. The smallest absolute Gasteiger partial charge is 0.252 e. The predicted octanol–water partition coefficient (Wildman–Crippen LogP) is 4.47. The molecule has 1 fully saturated rings. The molecule has 1 heterocycles. The zero-order chi connectivity index (χ0) is 19.2. The summed E-state index contributed by atoms with van der Waals surface area (Å²) >= 11 is 0. The van der Waals surface area contributed by atoms with Gasteiger partial charge >= 0.3 is 0 Å². The van der Waals surface area contributed by atoms with Crippen molar-refractivity contribution in [3.8, 4) is 0 Å². The first-order valence-corrected chi connectivity index (χ1v) is 9.83. The molecule has 0 aliphatic carbocycles. The molecule has 0 radical (unpaired) electrons. The minimum absolute atomic E-state index is 0.0549.